The number of ether oxygens (including phenoxy) is 1. The van der Waals surface area contributed by atoms with Gasteiger partial charge in [-0.15, -0.1) is 0 Å². The third-order valence-corrected chi connectivity index (χ3v) is 5.70. The monoisotopic (exact) mass is 406 g/mol. The molecule has 0 spiro atoms. The minimum absolute atomic E-state index is 0.433. The maximum absolute atomic E-state index is 5.75. The topological polar surface area (TPSA) is 48.9 Å². The van der Waals surface area contributed by atoms with Gasteiger partial charge in [-0.25, -0.2) is 0 Å². The zero-order valence-corrected chi connectivity index (χ0v) is 18.2. The maximum Gasteiger partial charge on any atom is 0.191 e. The molecule has 3 rings (SSSR count). The molecule has 1 saturated heterocycles. The second-order valence-corrected chi connectivity index (χ2v) is 7.67. The SMILES string of the molecule is C=CCOc1ccccc1CNC(=NC)NC1CCN(C(C)c2ccccc2)CC1. The third-order valence-electron chi connectivity index (χ3n) is 5.70. The first kappa shape index (κ1) is 21.9. The van der Waals surface area contributed by atoms with Crippen molar-refractivity contribution in [1.82, 2.24) is 15.5 Å². The third kappa shape index (κ3) is 6.10. The van der Waals surface area contributed by atoms with E-state index in [1.807, 2.05) is 25.2 Å². The van der Waals surface area contributed by atoms with Gasteiger partial charge in [0.15, 0.2) is 5.96 Å². The quantitative estimate of drug-likeness (QED) is 0.393. The lowest BCUT2D eigenvalue weighted by atomic mass is 10.0. The summed E-state index contributed by atoms with van der Waals surface area (Å²) in [6.45, 7) is 9.36. The first-order chi connectivity index (χ1) is 14.7. The van der Waals surface area contributed by atoms with E-state index in [1.165, 1.54) is 5.56 Å². The molecule has 0 radical (unpaired) electrons. The molecule has 1 aliphatic heterocycles. The van der Waals surface area contributed by atoms with E-state index >= 15 is 0 Å². The van der Waals surface area contributed by atoms with Crippen molar-refractivity contribution in [2.24, 2.45) is 4.99 Å². The number of benzene rings is 2. The summed E-state index contributed by atoms with van der Waals surface area (Å²) in [5.41, 5.74) is 2.49. The number of para-hydroxylation sites is 1. The van der Waals surface area contributed by atoms with Crippen molar-refractivity contribution < 1.29 is 4.74 Å². The molecule has 2 N–H and O–H groups in total. The number of piperidine rings is 1. The van der Waals surface area contributed by atoms with Gasteiger partial charge in [-0.2, -0.15) is 0 Å². The Morgan fingerprint density at radius 1 is 1.17 bits per heavy atom. The second-order valence-electron chi connectivity index (χ2n) is 7.67. The van der Waals surface area contributed by atoms with Crippen LogP contribution >= 0.6 is 0 Å². The summed E-state index contributed by atoms with van der Waals surface area (Å²) in [6.07, 6.45) is 3.98. The van der Waals surface area contributed by atoms with Gasteiger partial charge in [-0.1, -0.05) is 61.2 Å². The number of nitrogens with one attached hydrogen (secondary N) is 2. The Bertz CT molecular complexity index is 813. The van der Waals surface area contributed by atoms with Gasteiger partial charge in [0.05, 0.1) is 0 Å². The van der Waals surface area contributed by atoms with Crippen LogP contribution in [0.5, 0.6) is 5.75 Å². The van der Waals surface area contributed by atoms with Crippen LogP contribution in [-0.4, -0.2) is 43.6 Å². The summed E-state index contributed by atoms with van der Waals surface area (Å²) in [4.78, 5) is 6.98. The van der Waals surface area contributed by atoms with Crippen LogP contribution in [0, 0.1) is 0 Å². The molecule has 2 aromatic rings. The Labute approximate surface area is 180 Å². The van der Waals surface area contributed by atoms with E-state index in [0.717, 1.165) is 43.2 Å². The Morgan fingerprint density at radius 3 is 2.57 bits per heavy atom. The molecule has 30 heavy (non-hydrogen) atoms. The van der Waals surface area contributed by atoms with Crippen molar-refractivity contribution in [2.45, 2.75) is 38.4 Å². The fraction of sp³-hybridized carbons (Fsp3) is 0.400. The van der Waals surface area contributed by atoms with Crippen LogP contribution < -0.4 is 15.4 Å². The molecule has 1 unspecified atom stereocenters. The number of guanidine groups is 1. The average Bonchev–Trinajstić information content (AvgIpc) is 2.81. The van der Waals surface area contributed by atoms with E-state index in [9.17, 15) is 0 Å². The summed E-state index contributed by atoms with van der Waals surface area (Å²) in [5, 5.41) is 7.02. The standard InChI is InChI=1S/C25H34N4O/c1-4-18-30-24-13-9-8-12-22(24)19-27-25(26-3)28-23-14-16-29(17-15-23)20(2)21-10-6-5-7-11-21/h4-13,20,23H,1,14-19H2,2-3H3,(H2,26,27,28). The summed E-state index contributed by atoms with van der Waals surface area (Å²) in [5.74, 6) is 1.71. The summed E-state index contributed by atoms with van der Waals surface area (Å²) >= 11 is 0. The van der Waals surface area contributed by atoms with E-state index in [1.54, 1.807) is 6.08 Å². The predicted octanol–water partition coefficient (Wildman–Crippen LogP) is 4.14. The fourth-order valence-electron chi connectivity index (χ4n) is 3.88. The lowest BCUT2D eigenvalue weighted by molar-refractivity contribution is 0.158. The molecule has 1 aliphatic rings. The number of likely N-dealkylation sites (tertiary alicyclic amines) is 1. The van der Waals surface area contributed by atoms with Crippen LogP contribution in [0.3, 0.4) is 0 Å². The Balaban J connectivity index is 1.48. The van der Waals surface area contributed by atoms with Crippen LogP contribution in [0.15, 0.2) is 72.2 Å². The minimum Gasteiger partial charge on any atom is -0.489 e. The summed E-state index contributed by atoms with van der Waals surface area (Å²) in [7, 11) is 1.82. The van der Waals surface area contributed by atoms with Crippen molar-refractivity contribution in [2.75, 3.05) is 26.7 Å². The normalized spacial score (nSPS) is 16.7. The van der Waals surface area contributed by atoms with E-state index < -0.39 is 0 Å². The number of rotatable bonds is 8. The highest BCUT2D eigenvalue weighted by Gasteiger charge is 2.24. The molecular weight excluding hydrogens is 372 g/mol. The molecule has 5 nitrogen and oxygen atoms in total. The molecule has 0 saturated carbocycles. The molecule has 1 fully saturated rings. The van der Waals surface area contributed by atoms with Crippen molar-refractivity contribution >= 4 is 5.96 Å². The molecule has 0 aromatic heterocycles. The van der Waals surface area contributed by atoms with Gasteiger partial charge in [-0.3, -0.25) is 9.89 Å². The lowest BCUT2D eigenvalue weighted by Gasteiger charge is -2.37. The highest BCUT2D eigenvalue weighted by molar-refractivity contribution is 5.80. The van der Waals surface area contributed by atoms with E-state index in [2.05, 4.69) is 70.4 Å². The first-order valence-corrected chi connectivity index (χ1v) is 10.8. The Hall–Kier alpha value is -2.79. The van der Waals surface area contributed by atoms with Crippen LogP contribution in [0.2, 0.25) is 0 Å². The molecule has 160 valence electrons. The number of nitrogens with zero attached hydrogens (tertiary/aromatic N) is 2. The van der Waals surface area contributed by atoms with Crippen molar-refractivity contribution in [3.8, 4) is 5.75 Å². The average molecular weight is 407 g/mol. The fourth-order valence-corrected chi connectivity index (χ4v) is 3.88. The molecule has 1 heterocycles. The molecule has 0 amide bonds. The molecule has 2 aromatic carbocycles. The van der Waals surface area contributed by atoms with Gasteiger partial charge in [0.2, 0.25) is 0 Å². The van der Waals surface area contributed by atoms with Gasteiger partial charge >= 0.3 is 0 Å². The second kappa shape index (κ2) is 11.4. The lowest BCUT2D eigenvalue weighted by Crippen LogP contribution is -2.48. The number of aliphatic imine (C=N–C) groups is 1. The van der Waals surface area contributed by atoms with Gasteiger partial charge < -0.3 is 15.4 Å². The van der Waals surface area contributed by atoms with Gasteiger partial charge in [0, 0.05) is 44.3 Å². The smallest absolute Gasteiger partial charge is 0.191 e. The van der Waals surface area contributed by atoms with Crippen molar-refractivity contribution in [3.63, 3.8) is 0 Å². The Kier molecular flexibility index (Phi) is 8.33. The molecule has 5 heteroatoms. The van der Waals surface area contributed by atoms with Gasteiger partial charge in [-0.05, 0) is 31.4 Å². The molecular formula is C25H34N4O. The van der Waals surface area contributed by atoms with Crippen LogP contribution in [0.4, 0.5) is 0 Å². The summed E-state index contributed by atoms with van der Waals surface area (Å²) in [6, 6.07) is 19.7. The van der Waals surface area contributed by atoms with Crippen LogP contribution in [0.1, 0.15) is 36.9 Å². The van der Waals surface area contributed by atoms with Crippen molar-refractivity contribution in [3.05, 3.63) is 78.4 Å². The maximum atomic E-state index is 5.75. The Morgan fingerprint density at radius 2 is 1.87 bits per heavy atom. The minimum atomic E-state index is 0.433. The predicted molar refractivity (Wildman–Crippen MR) is 125 cm³/mol. The van der Waals surface area contributed by atoms with Crippen LogP contribution in [0.25, 0.3) is 0 Å². The molecule has 0 aliphatic carbocycles. The van der Waals surface area contributed by atoms with Gasteiger partial charge in [0.25, 0.3) is 0 Å². The zero-order valence-electron chi connectivity index (χ0n) is 18.2. The largest absolute Gasteiger partial charge is 0.489 e. The number of hydrogen-bond acceptors (Lipinski definition) is 3. The summed E-state index contributed by atoms with van der Waals surface area (Å²) < 4.78 is 5.75. The van der Waals surface area contributed by atoms with Crippen LogP contribution in [-0.2, 0) is 6.54 Å². The van der Waals surface area contributed by atoms with Gasteiger partial charge in [0.1, 0.15) is 12.4 Å². The zero-order chi connectivity index (χ0) is 21.2. The van der Waals surface area contributed by atoms with E-state index in [-0.39, 0.29) is 0 Å². The highest BCUT2D eigenvalue weighted by Crippen LogP contribution is 2.24. The van der Waals surface area contributed by atoms with E-state index in [4.69, 9.17) is 4.74 Å². The molecule has 0 bridgehead atoms. The first-order valence-electron chi connectivity index (χ1n) is 10.8. The highest BCUT2D eigenvalue weighted by atomic mass is 16.5. The number of hydrogen-bond donors (Lipinski definition) is 2. The van der Waals surface area contributed by atoms with E-state index in [0.29, 0.717) is 25.2 Å². The van der Waals surface area contributed by atoms with Crippen molar-refractivity contribution in [1.29, 1.82) is 0 Å². The molecule has 1 atom stereocenters.